The minimum Gasteiger partial charge on any atom is -0.336 e. The second-order valence-corrected chi connectivity index (χ2v) is 4.35. The van der Waals surface area contributed by atoms with Crippen LogP contribution in [0.3, 0.4) is 0 Å². The van der Waals surface area contributed by atoms with E-state index in [2.05, 4.69) is 20.7 Å². The number of piperidine rings is 1. The summed E-state index contributed by atoms with van der Waals surface area (Å²) >= 11 is 0. The second-order valence-electron chi connectivity index (χ2n) is 4.35. The van der Waals surface area contributed by atoms with Gasteiger partial charge in [0.05, 0.1) is 6.20 Å². The topological polar surface area (TPSA) is 73.9 Å². The molecule has 6 heteroatoms. The molecular formula is C11H19N5O. The molecule has 1 aromatic heterocycles. The van der Waals surface area contributed by atoms with Crippen molar-refractivity contribution >= 4 is 5.91 Å². The Balaban J connectivity index is 1.93. The molecule has 0 radical (unpaired) electrons. The van der Waals surface area contributed by atoms with E-state index in [1.165, 1.54) is 19.0 Å². The van der Waals surface area contributed by atoms with Crippen LogP contribution in [0.2, 0.25) is 0 Å². The molecule has 0 aliphatic carbocycles. The van der Waals surface area contributed by atoms with E-state index in [9.17, 15) is 4.79 Å². The summed E-state index contributed by atoms with van der Waals surface area (Å²) < 4.78 is 0. The Bertz CT molecular complexity index is 345. The lowest BCUT2D eigenvalue weighted by molar-refractivity contribution is 0.0735. The first-order chi connectivity index (χ1) is 8.31. The fourth-order valence-corrected chi connectivity index (χ4v) is 2.17. The number of nitrogens with zero attached hydrogens (tertiary/aromatic N) is 3. The predicted molar refractivity (Wildman–Crippen MR) is 63.6 cm³/mol. The van der Waals surface area contributed by atoms with Crippen molar-refractivity contribution in [3.05, 3.63) is 11.9 Å². The van der Waals surface area contributed by atoms with E-state index in [-0.39, 0.29) is 5.91 Å². The summed E-state index contributed by atoms with van der Waals surface area (Å²) in [5.74, 6) is -0.0476. The Hall–Kier alpha value is -1.43. The van der Waals surface area contributed by atoms with Crippen LogP contribution in [0.15, 0.2) is 6.20 Å². The molecule has 0 spiro atoms. The first kappa shape index (κ1) is 12.0. The number of rotatable bonds is 4. The number of likely N-dealkylation sites (N-methyl/N-ethyl adjacent to an activating group) is 1. The van der Waals surface area contributed by atoms with Gasteiger partial charge in [0.1, 0.15) is 0 Å². The number of carbonyl (C=O) groups excluding carboxylic acids is 1. The minimum atomic E-state index is -0.0476. The molecule has 94 valence electrons. The molecule has 1 fully saturated rings. The van der Waals surface area contributed by atoms with Gasteiger partial charge in [0.2, 0.25) is 0 Å². The zero-order chi connectivity index (χ0) is 12.1. The van der Waals surface area contributed by atoms with Crippen LogP contribution in [0.4, 0.5) is 0 Å². The summed E-state index contributed by atoms with van der Waals surface area (Å²) in [6, 6.07) is 0.416. The first-order valence-electron chi connectivity index (χ1n) is 6.19. The van der Waals surface area contributed by atoms with Gasteiger partial charge in [0.25, 0.3) is 5.91 Å². The van der Waals surface area contributed by atoms with Crippen LogP contribution in [-0.4, -0.2) is 51.9 Å². The Morgan fingerprint density at radius 1 is 1.59 bits per heavy atom. The summed E-state index contributed by atoms with van der Waals surface area (Å²) in [7, 11) is 0. The molecule has 2 N–H and O–H groups in total. The van der Waals surface area contributed by atoms with E-state index in [0.29, 0.717) is 18.3 Å². The normalized spacial score (nSPS) is 20.2. The Labute approximate surface area is 101 Å². The van der Waals surface area contributed by atoms with Crippen LogP contribution >= 0.6 is 0 Å². The maximum Gasteiger partial charge on any atom is 0.276 e. The van der Waals surface area contributed by atoms with Crippen LogP contribution in [0.5, 0.6) is 0 Å². The average Bonchev–Trinajstić information content (AvgIpc) is 2.90. The van der Waals surface area contributed by atoms with Crippen molar-refractivity contribution in [2.45, 2.75) is 32.2 Å². The summed E-state index contributed by atoms with van der Waals surface area (Å²) in [5, 5.41) is 13.4. The van der Waals surface area contributed by atoms with Crippen LogP contribution in [0.25, 0.3) is 0 Å². The molecule has 1 saturated heterocycles. The third-order valence-corrected chi connectivity index (χ3v) is 3.16. The average molecular weight is 237 g/mol. The van der Waals surface area contributed by atoms with Gasteiger partial charge >= 0.3 is 0 Å². The quantitative estimate of drug-likeness (QED) is 0.795. The largest absolute Gasteiger partial charge is 0.336 e. The molecule has 1 aromatic rings. The van der Waals surface area contributed by atoms with Gasteiger partial charge in [-0.05, 0) is 26.3 Å². The van der Waals surface area contributed by atoms with Gasteiger partial charge in [0.15, 0.2) is 5.69 Å². The third-order valence-electron chi connectivity index (χ3n) is 3.16. The van der Waals surface area contributed by atoms with Gasteiger partial charge in [-0.25, -0.2) is 0 Å². The molecule has 6 nitrogen and oxygen atoms in total. The van der Waals surface area contributed by atoms with Crippen LogP contribution in [0, 0.1) is 0 Å². The lowest BCUT2D eigenvalue weighted by Crippen LogP contribution is -2.45. The monoisotopic (exact) mass is 237 g/mol. The molecule has 0 aromatic carbocycles. The molecule has 1 aliphatic rings. The van der Waals surface area contributed by atoms with Crippen LogP contribution < -0.4 is 5.32 Å². The number of hydrogen-bond donors (Lipinski definition) is 2. The number of H-pyrrole nitrogens is 1. The number of nitrogens with one attached hydrogen (secondary N) is 2. The van der Waals surface area contributed by atoms with E-state index in [0.717, 1.165) is 19.5 Å². The number of carbonyl (C=O) groups is 1. The van der Waals surface area contributed by atoms with Gasteiger partial charge < -0.3 is 10.2 Å². The SMILES string of the molecule is CCN(CC1CCCCN1)C(=O)c1cn[nH]n1. The van der Waals surface area contributed by atoms with E-state index < -0.39 is 0 Å². The minimum absolute atomic E-state index is 0.0476. The highest BCUT2D eigenvalue weighted by molar-refractivity contribution is 5.91. The summed E-state index contributed by atoms with van der Waals surface area (Å²) in [5.41, 5.74) is 0.391. The fraction of sp³-hybridized carbons (Fsp3) is 0.727. The summed E-state index contributed by atoms with van der Waals surface area (Å²) in [6.45, 7) is 4.49. The number of aromatic nitrogens is 3. The molecule has 0 bridgehead atoms. The Kier molecular flexibility index (Phi) is 4.08. The van der Waals surface area contributed by atoms with Crippen molar-refractivity contribution in [3.63, 3.8) is 0 Å². The van der Waals surface area contributed by atoms with Gasteiger partial charge in [-0.1, -0.05) is 6.42 Å². The highest BCUT2D eigenvalue weighted by atomic mass is 16.2. The van der Waals surface area contributed by atoms with E-state index in [1.807, 2.05) is 11.8 Å². The van der Waals surface area contributed by atoms with Crippen molar-refractivity contribution in [3.8, 4) is 0 Å². The molecule has 17 heavy (non-hydrogen) atoms. The van der Waals surface area contributed by atoms with Gasteiger partial charge in [0, 0.05) is 19.1 Å². The number of aromatic amines is 1. The second kappa shape index (κ2) is 5.77. The molecule has 2 heterocycles. The van der Waals surface area contributed by atoms with E-state index >= 15 is 0 Å². The van der Waals surface area contributed by atoms with Crippen molar-refractivity contribution in [1.82, 2.24) is 25.6 Å². The van der Waals surface area contributed by atoms with Crippen molar-refractivity contribution in [1.29, 1.82) is 0 Å². The van der Waals surface area contributed by atoms with Gasteiger partial charge in [-0.15, -0.1) is 0 Å². The smallest absolute Gasteiger partial charge is 0.276 e. The fourth-order valence-electron chi connectivity index (χ4n) is 2.17. The summed E-state index contributed by atoms with van der Waals surface area (Å²) in [4.78, 5) is 13.9. The zero-order valence-corrected chi connectivity index (χ0v) is 10.1. The highest BCUT2D eigenvalue weighted by Crippen LogP contribution is 2.10. The third kappa shape index (κ3) is 3.03. The Morgan fingerprint density at radius 2 is 2.47 bits per heavy atom. The Morgan fingerprint density at radius 3 is 3.06 bits per heavy atom. The molecule has 1 aliphatic heterocycles. The van der Waals surface area contributed by atoms with Crippen molar-refractivity contribution in [2.24, 2.45) is 0 Å². The number of hydrogen-bond acceptors (Lipinski definition) is 4. The van der Waals surface area contributed by atoms with Gasteiger partial charge in [-0.2, -0.15) is 15.4 Å². The van der Waals surface area contributed by atoms with Crippen molar-refractivity contribution in [2.75, 3.05) is 19.6 Å². The lowest BCUT2D eigenvalue weighted by Gasteiger charge is -2.29. The molecule has 0 saturated carbocycles. The maximum absolute atomic E-state index is 12.1. The van der Waals surface area contributed by atoms with Crippen molar-refractivity contribution < 1.29 is 4.79 Å². The molecule has 2 rings (SSSR count). The number of amides is 1. The lowest BCUT2D eigenvalue weighted by atomic mass is 10.0. The summed E-state index contributed by atoms with van der Waals surface area (Å²) in [6.07, 6.45) is 5.09. The van der Waals surface area contributed by atoms with Crippen LogP contribution in [0.1, 0.15) is 36.7 Å². The molecular weight excluding hydrogens is 218 g/mol. The highest BCUT2D eigenvalue weighted by Gasteiger charge is 2.21. The standard InChI is InChI=1S/C11H19N5O/c1-2-16(8-9-5-3-4-6-12-9)11(17)10-7-13-15-14-10/h7,9,12H,2-6,8H2,1H3,(H,13,14,15). The predicted octanol–water partition coefficient (Wildman–Crippen LogP) is 0.409. The maximum atomic E-state index is 12.1. The molecule has 1 amide bonds. The molecule has 1 unspecified atom stereocenters. The van der Waals surface area contributed by atoms with E-state index in [1.54, 1.807) is 0 Å². The van der Waals surface area contributed by atoms with E-state index in [4.69, 9.17) is 0 Å². The van der Waals surface area contributed by atoms with Gasteiger partial charge in [-0.3, -0.25) is 4.79 Å². The molecule has 1 atom stereocenters. The zero-order valence-electron chi connectivity index (χ0n) is 10.1. The first-order valence-corrected chi connectivity index (χ1v) is 6.19. The van der Waals surface area contributed by atoms with Crippen LogP contribution in [-0.2, 0) is 0 Å².